The number of nitrogens with one attached hydrogen (secondary N) is 2. The quantitative estimate of drug-likeness (QED) is 0.752. The molecule has 1 unspecified atom stereocenters. The molecule has 0 saturated carbocycles. The van der Waals surface area contributed by atoms with Crippen LogP contribution >= 0.6 is 0 Å². The molecule has 0 saturated heterocycles. The van der Waals surface area contributed by atoms with Crippen molar-refractivity contribution in [2.75, 3.05) is 5.32 Å². The van der Waals surface area contributed by atoms with E-state index in [-0.39, 0.29) is 5.91 Å². The zero-order valence-electron chi connectivity index (χ0n) is 11.2. The molecular weight excluding hydrogens is 242 g/mol. The van der Waals surface area contributed by atoms with Gasteiger partial charge in [0, 0.05) is 5.69 Å². The van der Waals surface area contributed by atoms with Gasteiger partial charge in [-0.25, -0.2) is 0 Å². The maximum atomic E-state index is 12.2. The highest BCUT2D eigenvalue weighted by molar-refractivity contribution is 5.97. The molecule has 5 heteroatoms. The molecule has 4 N–H and O–H groups in total. The Morgan fingerprint density at radius 3 is 2.79 bits per heavy atom. The van der Waals surface area contributed by atoms with Crippen molar-refractivity contribution in [3.8, 4) is 0 Å². The third kappa shape index (κ3) is 2.93. The number of amides is 2. The Balaban J connectivity index is 2.15. The third-order valence-electron chi connectivity index (χ3n) is 3.45. The van der Waals surface area contributed by atoms with Crippen molar-refractivity contribution in [3.63, 3.8) is 0 Å². The smallest absolute Gasteiger partial charge is 0.241 e. The first-order valence-electron chi connectivity index (χ1n) is 6.36. The Morgan fingerprint density at radius 1 is 1.42 bits per heavy atom. The molecular formula is C14H19N3O2. The lowest BCUT2D eigenvalue weighted by Gasteiger charge is -2.27. The second-order valence-corrected chi connectivity index (χ2v) is 5.37. The summed E-state index contributed by atoms with van der Waals surface area (Å²) in [7, 11) is 0. The summed E-state index contributed by atoms with van der Waals surface area (Å²) in [5.74, 6) is -0.596. The van der Waals surface area contributed by atoms with Gasteiger partial charge in [0.1, 0.15) is 0 Å². The summed E-state index contributed by atoms with van der Waals surface area (Å²) < 4.78 is 0. The zero-order valence-corrected chi connectivity index (χ0v) is 11.2. The summed E-state index contributed by atoms with van der Waals surface area (Å²) >= 11 is 0. The second kappa shape index (κ2) is 5.01. The van der Waals surface area contributed by atoms with Gasteiger partial charge in [-0.3, -0.25) is 14.9 Å². The van der Waals surface area contributed by atoms with E-state index in [1.54, 1.807) is 13.8 Å². The Hall–Kier alpha value is -1.88. The predicted octanol–water partition coefficient (Wildman–Crippen LogP) is 0.793. The number of carbonyl (C=O) groups is 2. The molecule has 0 aliphatic carbocycles. The lowest BCUT2D eigenvalue weighted by molar-refractivity contribution is -0.124. The molecule has 102 valence electrons. The van der Waals surface area contributed by atoms with Crippen molar-refractivity contribution >= 4 is 17.5 Å². The number of para-hydroxylation sites is 1. The molecule has 1 atom stereocenters. The number of hydrogen-bond acceptors (Lipinski definition) is 3. The van der Waals surface area contributed by atoms with Crippen LogP contribution in [0.15, 0.2) is 24.3 Å². The van der Waals surface area contributed by atoms with Crippen molar-refractivity contribution < 1.29 is 9.59 Å². The average molecular weight is 261 g/mol. The molecule has 1 aliphatic rings. The summed E-state index contributed by atoms with van der Waals surface area (Å²) in [6.45, 7) is 3.36. The maximum absolute atomic E-state index is 12.2. The third-order valence-corrected chi connectivity index (χ3v) is 3.45. The fraction of sp³-hybridized carbons (Fsp3) is 0.429. The van der Waals surface area contributed by atoms with Crippen LogP contribution in [0, 0.1) is 0 Å². The molecule has 5 nitrogen and oxygen atoms in total. The lowest BCUT2D eigenvalue weighted by atomic mass is 10.00. The van der Waals surface area contributed by atoms with Gasteiger partial charge < -0.3 is 11.1 Å². The van der Waals surface area contributed by atoms with E-state index in [1.165, 1.54) is 0 Å². The predicted molar refractivity (Wildman–Crippen MR) is 73.6 cm³/mol. The molecule has 2 amide bonds. The molecule has 19 heavy (non-hydrogen) atoms. The van der Waals surface area contributed by atoms with Crippen LogP contribution in [0.1, 0.15) is 25.8 Å². The Kier molecular flexibility index (Phi) is 3.57. The summed E-state index contributed by atoms with van der Waals surface area (Å²) in [6.07, 6.45) is 1.42. The first-order chi connectivity index (χ1) is 8.90. The van der Waals surface area contributed by atoms with Crippen molar-refractivity contribution in [2.45, 2.75) is 38.3 Å². The van der Waals surface area contributed by atoms with Crippen LogP contribution < -0.4 is 16.4 Å². The van der Waals surface area contributed by atoms with E-state index < -0.39 is 17.5 Å². The largest absolute Gasteiger partial charge is 0.368 e. The molecule has 1 aromatic carbocycles. The van der Waals surface area contributed by atoms with Crippen molar-refractivity contribution in [2.24, 2.45) is 5.73 Å². The van der Waals surface area contributed by atoms with Crippen LogP contribution in [-0.2, 0) is 16.0 Å². The Labute approximate surface area is 112 Å². The van der Waals surface area contributed by atoms with E-state index in [4.69, 9.17) is 5.73 Å². The van der Waals surface area contributed by atoms with E-state index in [1.807, 2.05) is 24.3 Å². The molecule has 0 aromatic heterocycles. The van der Waals surface area contributed by atoms with Gasteiger partial charge in [-0.05, 0) is 38.3 Å². The van der Waals surface area contributed by atoms with E-state index in [9.17, 15) is 9.59 Å². The molecule has 2 rings (SSSR count). The van der Waals surface area contributed by atoms with E-state index in [0.29, 0.717) is 6.42 Å². The van der Waals surface area contributed by atoms with Gasteiger partial charge in [-0.1, -0.05) is 18.2 Å². The van der Waals surface area contributed by atoms with Gasteiger partial charge in [0.05, 0.1) is 11.6 Å². The van der Waals surface area contributed by atoms with Crippen LogP contribution in [-0.4, -0.2) is 23.4 Å². The first-order valence-corrected chi connectivity index (χ1v) is 6.36. The number of carbonyl (C=O) groups excluding carboxylic acids is 2. The first kappa shape index (κ1) is 13.5. The van der Waals surface area contributed by atoms with Crippen LogP contribution in [0.2, 0.25) is 0 Å². The van der Waals surface area contributed by atoms with Crippen LogP contribution in [0.25, 0.3) is 0 Å². The number of hydrogen-bond donors (Lipinski definition) is 3. The molecule has 0 spiro atoms. The standard InChI is InChI=1S/C14H19N3O2/c1-14(2,13(15)19)17-11-8-7-9-5-3-4-6-10(9)16-12(11)18/h3-6,11,17H,7-8H2,1-2H3,(H2,15,19)(H,16,18). The minimum Gasteiger partial charge on any atom is -0.368 e. The highest BCUT2D eigenvalue weighted by Crippen LogP contribution is 2.22. The Bertz CT molecular complexity index is 511. The van der Waals surface area contributed by atoms with Gasteiger partial charge in [0.2, 0.25) is 11.8 Å². The fourth-order valence-corrected chi connectivity index (χ4v) is 2.16. The molecule has 1 aromatic rings. The van der Waals surface area contributed by atoms with Crippen molar-refractivity contribution in [1.82, 2.24) is 5.32 Å². The number of aryl methyl sites for hydroxylation is 1. The van der Waals surface area contributed by atoms with Crippen LogP contribution in [0.4, 0.5) is 5.69 Å². The van der Waals surface area contributed by atoms with Gasteiger partial charge >= 0.3 is 0 Å². The van der Waals surface area contributed by atoms with Gasteiger partial charge in [0.15, 0.2) is 0 Å². The summed E-state index contributed by atoms with van der Waals surface area (Å²) in [6, 6.07) is 7.30. The monoisotopic (exact) mass is 261 g/mol. The molecule has 1 aliphatic heterocycles. The topological polar surface area (TPSA) is 84.2 Å². The number of benzene rings is 1. The average Bonchev–Trinajstić information content (AvgIpc) is 2.49. The number of primary amides is 1. The number of rotatable bonds is 3. The molecule has 0 bridgehead atoms. The van der Waals surface area contributed by atoms with Gasteiger partial charge in [-0.2, -0.15) is 0 Å². The summed E-state index contributed by atoms with van der Waals surface area (Å²) in [4.78, 5) is 23.5. The number of nitrogens with two attached hydrogens (primary N) is 1. The molecule has 0 radical (unpaired) electrons. The van der Waals surface area contributed by atoms with Crippen molar-refractivity contribution in [1.29, 1.82) is 0 Å². The second-order valence-electron chi connectivity index (χ2n) is 5.37. The normalized spacial score (nSPS) is 19.3. The summed E-state index contributed by atoms with van der Waals surface area (Å²) in [5, 5.41) is 5.91. The lowest BCUT2D eigenvalue weighted by Crippen LogP contribution is -2.57. The van der Waals surface area contributed by atoms with Gasteiger partial charge in [0.25, 0.3) is 0 Å². The zero-order chi connectivity index (χ0) is 14.0. The Morgan fingerprint density at radius 2 is 2.11 bits per heavy atom. The SMILES string of the molecule is CC(C)(NC1CCc2ccccc2NC1=O)C(N)=O. The highest BCUT2D eigenvalue weighted by atomic mass is 16.2. The number of fused-ring (bicyclic) bond motifs is 1. The van der Waals surface area contributed by atoms with E-state index in [2.05, 4.69) is 10.6 Å². The minimum atomic E-state index is -0.904. The van der Waals surface area contributed by atoms with Crippen LogP contribution in [0.3, 0.4) is 0 Å². The van der Waals surface area contributed by atoms with E-state index >= 15 is 0 Å². The van der Waals surface area contributed by atoms with Crippen molar-refractivity contribution in [3.05, 3.63) is 29.8 Å². The fourth-order valence-electron chi connectivity index (χ4n) is 2.16. The maximum Gasteiger partial charge on any atom is 0.241 e. The highest BCUT2D eigenvalue weighted by Gasteiger charge is 2.32. The molecule has 1 heterocycles. The molecule has 0 fully saturated rings. The van der Waals surface area contributed by atoms with E-state index in [0.717, 1.165) is 17.7 Å². The minimum absolute atomic E-state index is 0.126. The summed E-state index contributed by atoms with van der Waals surface area (Å²) in [5.41, 5.74) is 6.37. The van der Waals surface area contributed by atoms with Crippen LogP contribution in [0.5, 0.6) is 0 Å². The number of anilines is 1. The van der Waals surface area contributed by atoms with Gasteiger partial charge in [-0.15, -0.1) is 0 Å².